The van der Waals surface area contributed by atoms with Gasteiger partial charge in [-0.2, -0.15) is 5.26 Å². The Morgan fingerprint density at radius 2 is 2.43 bits per heavy atom. The highest BCUT2D eigenvalue weighted by Crippen LogP contribution is 2.19. The Morgan fingerprint density at radius 1 is 1.71 bits per heavy atom. The van der Waals surface area contributed by atoms with Gasteiger partial charge < -0.3 is 10.6 Å². The number of nitriles is 1. The first-order chi connectivity index (χ1) is 6.69. The Morgan fingerprint density at radius 3 is 3.00 bits per heavy atom. The van der Waals surface area contributed by atoms with Crippen molar-refractivity contribution >= 4 is 21.7 Å². The summed E-state index contributed by atoms with van der Waals surface area (Å²) in [6.45, 7) is 1.22. The molecule has 0 aliphatic rings. The Kier molecular flexibility index (Phi) is 3.86. The molecule has 1 aromatic rings. The van der Waals surface area contributed by atoms with Gasteiger partial charge in [-0.3, -0.25) is 0 Å². The van der Waals surface area contributed by atoms with Crippen LogP contribution in [0.5, 0.6) is 0 Å². The number of hydrogen-bond donors (Lipinski definition) is 1. The van der Waals surface area contributed by atoms with Crippen molar-refractivity contribution in [2.45, 2.75) is 0 Å². The van der Waals surface area contributed by atoms with E-state index in [-0.39, 0.29) is 0 Å². The van der Waals surface area contributed by atoms with Gasteiger partial charge in [-0.25, -0.2) is 4.98 Å². The predicted molar refractivity (Wildman–Crippen MR) is 59.0 cm³/mol. The minimum atomic E-state index is 0.541. The first kappa shape index (κ1) is 11.0. The van der Waals surface area contributed by atoms with Crippen LogP contribution >= 0.6 is 15.9 Å². The summed E-state index contributed by atoms with van der Waals surface area (Å²) in [4.78, 5) is 6.03. The molecular weight excluding hydrogens is 244 g/mol. The number of nitrogens with two attached hydrogens (primary N) is 1. The highest BCUT2D eigenvalue weighted by Gasteiger charge is 2.08. The topological polar surface area (TPSA) is 65.9 Å². The first-order valence-corrected chi connectivity index (χ1v) is 4.95. The van der Waals surface area contributed by atoms with Crippen LogP contribution in [-0.4, -0.2) is 25.1 Å². The molecule has 0 unspecified atom stereocenters. The van der Waals surface area contributed by atoms with E-state index in [2.05, 4.69) is 27.0 Å². The third-order valence-corrected chi connectivity index (χ3v) is 2.21. The van der Waals surface area contributed by atoms with Crippen molar-refractivity contribution in [3.63, 3.8) is 0 Å². The lowest BCUT2D eigenvalue weighted by molar-refractivity contribution is 0.866. The maximum atomic E-state index is 8.89. The molecular formula is C9H11BrN4. The van der Waals surface area contributed by atoms with Crippen LogP contribution in [0.1, 0.15) is 5.56 Å². The van der Waals surface area contributed by atoms with Gasteiger partial charge in [0.05, 0.1) is 5.56 Å². The fourth-order valence-electron chi connectivity index (χ4n) is 1.12. The van der Waals surface area contributed by atoms with Crippen LogP contribution in [0.2, 0.25) is 0 Å². The van der Waals surface area contributed by atoms with E-state index >= 15 is 0 Å². The minimum Gasteiger partial charge on any atom is -0.357 e. The Hall–Kier alpha value is -1.12. The molecule has 0 radical (unpaired) electrons. The fraction of sp³-hybridized carbons (Fsp3) is 0.333. The maximum Gasteiger partial charge on any atom is 0.146 e. The van der Waals surface area contributed by atoms with Crippen LogP contribution < -0.4 is 10.6 Å². The second kappa shape index (κ2) is 4.94. The number of halogens is 1. The number of nitrogens with zero attached hydrogens (tertiary/aromatic N) is 3. The van der Waals surface area contributed by atoms with Crippen LogP contribution in [-0.2, 0) is 0 Å². The van der Waals surface area contributed by atoms with Crippen LogP contribution in [0.25, 0.3) is 0 Å². The van der Waals surface area contributed by atoms with Gasteiger partial charge in [0, 0.05) is 30.8 Å². The van der Waals surface area contributed by atoms with Gasteiger partial charge in [-0.15, -0.1) is 0 Å². The van der Waals surface area contributed by atoms with Crippen molar-refractivity contribution in [1.82, 2.24) is 4.98 Å². The molecule has 74 valence electrons. The largest absolute Gasteiger partial charge is 0.357 e. The van der Waals surface area contributed by atoms with E-state index < -0.39 is 0 Å². The third-order valence-electron chi connectivity index (χ3n) is 1.78. The van der Waals surface area contributed by atoms with Crippen molar-refractivity contribution in [3.05, 3.63) is 22.3 Å². The van der Waals surface area contributed by atoms with Gasteiger partial charge >= 0.3 is 0 Å². The lowest BCUT2D eigenvalue weighted by Gasteiger charge is -2.17. The molecule has 1 aromatic heterocycles. The maximum absolute atomic E-state index is 8.89. The molecule has 4 nitrogen and oxygen atoms in total. The standard InChI is InChI=1S/C9H11BrN4/c1-14(3-2-11)9-7(5-12)4-8(10)6-13-9/h4,6H,2-3,11H2,1H3. The average molecular weight is 255 g/mol. The minimum absolute atomic E-state index is 0.541. The van der Waals surface area contributed by atoms with Crippen molar-refractivity contribution in [2.75, 3.05) is 25.0 Å². The first-order valence-electron chi connectivity index (χ1n) is 4.16. The molecule has 1 heterocycles. The number of aromatic nitrogens is 1. The molecule has 0 bridgehead atoms. The van der Waals surface area contributed by atoms with Crippen molar-refractivity contribution in [2.24, 2.45) is 5.73 Å². The number of hydrogen-bond acceptors (Lipinski definition) is 4. The van der Waals surface area contributed by atoms with Crippen molar-refractivity contribution in [3.8, 4) is 6.07 Å². The molecule has 1 rings (SSSR count). The van der Waals surface area contributed by atoms with E-state index in [1.807, 2.05) is 11.9 Å². The summed E-state index contributed by atoms with van der Waals surface area (Å²) in [5, 5.41) is 8.89. The number of anilines is 1. The zero-order chi connectivity index (χ0) is 10.6. The summed E-state index contributed by atoms with van der Waals surface area (Å²) in [6, 6.07) is 3.85. The monoisotopic (exact) mass is 254 g/mol. The third kappa shape index (κ3) is 2.44. The highest BCUT2D eigenvalue weighted by atomic mass is 79.9. The van der Waals surface area contributed by atoms with Crippen molar-refractivity contribution in [1.29, 1.82) is 5.26 Å². The summed E-state index contributed by atoms with van der Waals surface area (Å²) in [5.74, 6) is 0.668. The van der Waals surface area contributed by atoms with E-state index in [1.54, 1.807) is 12.3 Å². The van der Waals surface area contributed by atoms with Gasteiger partial charge in [0.2, 0.25) is 0 Å². The van der Waals surface area contributed by atoms with Crippen LogP contribution in [0.15, 0.2) is 16.7 Å². The van der Waals surface area contributed by atoms with E-state index in [0.29, 0.717) is 24.5 Å². The van der Waals surface area contributed by atoms with Crippen LogP contribution in [0.3, 0.4) is 0 Å². The van der Waals surface area contributed by atoms with Crippen LogP contribution in [0, 0.1) is 11.3 Å². The second-order valence-corrected chi connectivity index (χ2v) is 3.76. The lowest BCUT2D eigenvalue weighted by atomic mass is 10.2. The van der Waals surface area contributed by atoms with Gasteiger partial charge in [0.1, 0.15) is 11.9 Å². The quantitative estimate of drug-likeness (QED) is 0.878. The zero-order valence-corrected chi connectivity index (χ0v) is 9.45. The zero-order valence-electron chi connectivity index (χ0n) is 7.87. The summed E-state index contributed by atoms with van der Waals surface area (Å²) >= 11 is 3.27. The van der Waals surface area contributed by atoms with E-state index in [1.165, 1.54) is 0 Å². The van der Waals surface area contributed by atoms with Crippen LogP contribution in [0.4, 0.5) is 5.82 Å². The smallest absolute Gasteiger partial charge is 0.146 e. The SMILES string of the molecule is CN(CCN)c1ncc(Br)cc1C#N. The molecule has 0 fully saturated rings. The normalized spacial score (nSPS) is 9.57. The molecule has 0 spiro atoms. The number of pyridine rings is 1. The Bertz CT molecular complexity index is 358. The molecule has 0 amide bonds. The molecule has 0 aromatic carbocycles. The summed E-state index contributed by atoms with van der Waals surface area (Å²) < 4.78 is 0.805. The van der Waals surface area contributed by atoms with Gasteiger partial charge in [-0.1, -0.05) is 0 Å². The molecule has 0 aliphatic heterocycles. The molecule has 0 aliphatic carbocycles. The number of likely N-dealkylation sites (N-methyl/N-ethyl adjacent to an activating group) is 1. The highest BCUT2D eigenvalue weighted by molar-refractivity contribution is 9.10. The molecule has 2 N–H and O–H groups in total. The van der Waals surface area contributed by atoms with E-state index in [9.17, 15) is 0 Å². The van der Waals surface area contributed by atoms with Crippen molar-refractivity contribution < 1.29 is 0 Å². The second-order valence-electron chi connectivity index (χ2n) is 2.85. The van der Waals surface area contributed by atoms with Gasteiger partial charge in [-0.05, 0) is 22.0 Å². The molecule has 0 saturated heterocycles. The summed E-state index contributed by atoms with van der Waals surface area (Å²) in [6.07, 6.45) is 1.67. The summed E-state index contributed by atoms with van der Waals surface area (Å²) in [7, 11) is 1.87. The summed E-state index contributed by atoms with van der Waals surface area (Å²) in [5.41, 5.74) is 5.98. The fourth-order valence-corrected chi connectivity index (χ4v) is 1.45. The average Bonchev–Trinajstić information content (AvgIpc) is 2.17. The van der Waals surface area contributed by atoms with Gasteiger partial charge in [0.25, 0.3) is 0 Å². The number of rotatable bonds is 3. The van der Waals surface area contributed by atoms with E-state index in [0.717, 1.165) is 4.47 Å². The Labute approximate surface area is 91.5 Å². The lowest BCUT2D eigenvalue weighted by Crippen LogP contribution is -2.26. The van der Waals surface area contributed by atoms with E-state index in [4.69, 9.17) is 11.0 Å². The Balaban J connectivity index is 3.03. The molecule has 0 saturated carbocycles. The predicted octanol–water partition coefficient (Wildman–Crippen LogP) is 1.11. The van der Waals surface area contributed by atoms with Gasteiger partial charge in [0.15, 0.2) is 0 Å². The molecule has 5 heteroatoms. The molecule has 0 atom stereocenters. The molecule has 14 heavy (non-hydrogen) atoms.